The van der Waals surface area contributed by atoms with Gasteiger partial charge in [0.25, 0.3) is 0 Å². The Morgan fingerprint density at radius 3 is 2.38 bits per heavy atom. The van der Waals surface area contributed by atoms with Crippen LogP contribution >= 0.6 is 22.6 Å². The zero-order valence-electron chi connectivity index (χ0n) is 8.50. The first-order valence-corrected chi connectivity index (χ1v) is 5.35. The van der Waals surface area contributed by atoms with E-state index in [-0.39, 0.29) is 11.5 Å². The third kappa shape index (κ3) is 2.22. The van der Waals surface area contributed by atoms with Crippen LogP contribution in [0.25, 0.3) is 0 Å². The molecule has 2 N–H and O–H groups in total. The molecule has 3 nitrogen and oxygen atoms in total. The van der Waals surface area contributed by atoms with Crippen LogP contribution in [0.5, 0.6) is 0 Å². The molecule has 1 aromatic rings. The highest BCUT2D eigenvalue weighted by Gasteiger charge is 2.25. The molecule has 0 aliphatic carbocycles. The zero-order chi connectivity index (χ0) is 10.2. The van der Waals surface area contributed by atoms with E-state index < -0.39 is 0 Å². The van der Waals surface area contributed by atoms with E-state index in [0.717, 1.165) is 9.26 Å². The lowest BCUT2D eigenvalue weighted by Gasteiger charge is -2.26. The Hall–Kier alpha value is -0.100. The van der Waals surface area contributed by atoms with Crippen LogP contribution in [0.2, 0.25) is 0 Å². The number of rotatable bonds is 1. The van der Waals surface area contributed by atoms with Crippen molar-refractivity contribution in [3.63, 3.8) is 0 Å². The van der Waals surface area contributed by atoms with Crippen molar-refractivity contribution in [1.82, 2.24) is 9.78 Å². The third-order valence-corrected chi connectivity index (χ3v) is 3.48. The summed E-state index contributed by atoms with van der Waals surface area (Å²) in [5.74, 6) is 0. The van der Waals surface area contributed by atoms with Gasteiger partial charge in [-0.25, -0.2) is 0 Å². The lowest BCUT2D eigenvalue weighted by Crippen LogP contribution is -2.26. The molecule has 0 amide bonds. The number of hydrogen-bond acceptors (Lipinski definition) is 2. The fourth-order valence-electron chi connectivity index (χ4n) is 1.11. The molecule has 0 aromatic carbocycles. The monoisotopic (exact) mass is 293 g/mol. The Bertz CT molecular complexity index is 298. The summed E-state index contributed by atoms with van der Waals surface area (Å²) in [6.45, 7) is 6.42. The molecule has 1 atom stereocenters. The molecule has 1 unspecified atom stereocenters. The van der Waals surface area contributed by atoms with E-state index in [4.69, 9.17) is 5.73 Å². The van der Waals surface area contributed by atoms with Crippen molar-refractivity contribution in [2.24, 2.45) is 18.2 Å². The second-order valence-corrected chi connectivity index (χ2v) is 5.38. The van der Waals surface area contributed by atoms with E-state index in [1.165, 1.54) is 0 Å². The van der Waals surface area contributed by atoms with Gasteiger partial charge in [-0.3, -0.25) is 4.68 Å². The van der Waals surface area contributed by atoms with E-state index in [1.807, 2.05) is 17.9 Å². The summed E-state index contributed by atoms with van der Waals surface area (Å²) >= 11 is 2.28. The summed E-state index contributed by atoms with van der Waals surface area (Å²) < 4.78 is 2.97. The van der Waals surface area contributed by atoms with Crippen molar-refractivity contribution in [2.75, 3.05) is 0 Å². The maximum absolute atomic E-state index is 6.13. The van der Waals surface area contributed by atoms with Gasteiger partial charge >= 0.3 is 0 Å². The number of nitrogens with zero attached hydrogens (tertiary/aromatic N) is 2. The Morgan fingerprint density at radius 2 is 2.08 bits per heavy atom. The standard InChI is InChI=1S/C9H16IN3/c1-9(2,3)7(11)6-5-12-13(4)8(6)10/h5,7H,11H2,1-4H3. The summed E-state index contributed by atoms with van der Waals surface area (Å²) in [6.07, 6.45) is 1.86. The number of aryl methyl sites for hydroxylation is 1. The summed E-state index contributed by atoms with van der Waals surface area (Å²) in [5, 5.41) is 4.18. The van der Waals surface area contributed by atoms with Crippen LogP contribution in [0.1, 0.15) is 32.4 Å². The quantitative estimate of drug-likeness (QED) is 0.806. The number of nitrogens with two attached hydrogens (primary N) is 1. The minimum Gasteiger partial charge on any atom is -0.323 e. The van der Waals surface area contributed by atoms with Crippen molar-refractivity contribution in [3.05, 3.63) is 15.5 Å². The van der Waals surface area contributed by atoms with Crippen LogP contribution in [0.15, 0.2) is 6.20 Å². The summed E-state index contributed by atoms with van der Waals surface area (Å²) in [6, 6.07) is 0.0492. The molecule has 1 aromatic heterocycles. The molecule has 0 saturated heterocycles. The molecule has 74 valence electrons. The fraction of sp³-hybridized carbons (Fsp3) is 0.667. The molecule has 0 saturated carbocycles. The Morgan fingerprint density at radius 1 is 1.54 bits per heavy atom. The smallest absolute Gasteiger partial charge is 0.103 e. The van der Waals surface area contributed by atoms with Crippen LogP contribution in [-0.4, -0.2) is 9.78 Å². The highest BCUT2D eigenvalue weighted by Crippen LogP contribution is 2.32. The van der Waals surface area contributed by atoms with Gasteiger partial charge in [0, 0.05) is 18.7 Å². The van der Waals surface area contributed by atoms with Gasteiger partial charge in [0.05, 0.1) is 6.20 Å². The molecule has 1 heterocycles. The first kappa shape index (κ1) is 11.0. The van der Waals surface area contributed by atoms with Gasteiger partial charge in [0.1, 0.15) is 3.70 Å². The lowest BCUT2D eigenvalue weighted by atomic mass is 9.84. The highest BCUT2D eigenvalue weighted by molar-refractivity contribution is 14.1. The molecule has 13 heavy (non-hydrogen) atoms. The lowest BCUT2D eigenvalue weighted by molar-refractivity contribution is 0.326. The van der Waals surface area contributed by atoms with E-state index in [0.29, 0.717) is 0 Å². The summed E-state index contributed by atoms with van der Waals surface area (Å²) in [4.78, 5) is 0. The van der Waals surface area contributed by atoms with Crippen molar-refractivity contribution in [3.8, 4) is 0 Å². The summed E-state index contributed by atoms with van der Waals surface area (Å²) in [5.41, 5.74) is 7.35. The molecule has 4 heteroatoms. The normalized spacial score (nSPS) is 14.6. The Kier molecular flexibility index (Phi) is 3.01. The largest absolute Gasteiger partial charge is 0.323 e. The van der Waals surface area contributed by atoms with Crippen molar-refractivity contribution < 1.29 is 0 Å². The second kappa shape index (κ2) is 3.57. The van der Waals surface area contributed by atoms with Crippen LogP contribution in [0, 0.1) is 9.12 Å². The van der Waals surface area contributed by atoms with Crippen molar-refractivity contribution in [1.29, 1.82) is 0 Å². The molecule has 0 aliphatic heterocycles. The molecule has 1 rings (SSSR count). The maximum Gasteiger partial charge on any atom is 0.103 e. The predicted octanol–water partition coefficient (Wildman–Crippen LogP) is 2.07. The van der Waals surface area contributed by atoms with Gasteiger partial charge in [0.2, 0.25) is 0 Å². The van der Waals surface area contributed by atoms with Crippen LogP contribution < -0.4 is 5.73 Å². The number of halogens is 1. The summed E-state index contributed by atoms with van der Waals surface area (Å²) in [7, 11) is 1.93. The first-order valence-electron chi connectivity index (χ1n) is 4.27. The first-order chi connectivity index (χ1) is 5.84. The van der Waals surface area contributed by atoms with E-state index in [9.17, 15) is 0 Å². The number of hydrogen-bond donors (Lipinski definition) is 1. The van der Waals surface area contributed by atoms with Gasteiger partial charge in [-0.2, -0.15) is 5.10 Å². The van der Waals surface area contributed by atoms with E-state index in [2.05, 4.69) is 48.5 Å². The van der Waals surface area contributed by atoms with Gasteiger partial charge in [-0.05, 0) is 28.0 Å². The molecular formula is C9H16IN3. The van der Waals surface area contributed by atoms with Gasteiger partial charge in [0.15, 0.2) is 0 Å². The number of aromatic nitrogens is 2. The highest BCUT2D eigenvalue weighted by atomic mass is 127. The molecule has 0 bridgehead atoms. The molecule has 0 fully saturated rings. The van der Waals surface area contributed by atoms with Crippen molar-refractivity contribution in [2.45, 2.75) is 26.8 Å². The van der Waals surface area contributed by atoms with E-state index >= 15 is 0 Å². The second-order valence-electron chi connectivity index (χ2n) is 4.36. The Balaban J connectivity index is 3.02. The van der Waals surface area contributed by atoms with Crippen molar-refractivity contribution >= 4 is 22.6 Å². The topological polar surface area (TPSA) is 43.8 Å². The minimum atomic E-state index is 0.0492. The van der Waals surface area contributed by atoms with Gasteiger partial charge in [-0.15, -0.1) is 0 Å². The average molecular weight is 293 g/mol. The fourth-order valence-corrected chi connectivity index (χ4v) is 1.71. The van der Waals surface area contributed by atoms with Crippen LogP contribution in [0.3, 0.4) is 0 Å². The zero-order valence-corrected chi connectivity index (χ0v) is 10.7. The Labute approximate surface area is 92.8 Å². The van der Waals surface area contributed by atoms with E-state index in [1.54, 1.807) is 0 Å². The molecule has 0 spiro atoms. The predicted molar refractivity (Wildman–Crippen MR) is 62.3 cm³/mol. The molecular weight excluding hydrogens is 277 g/mol. The minimum absolute atomic E-state index is 0.0492. The molecule has 0 aliphatic rings. The maximum atomic E-state index is 6.13. The third-order valence-electron chi connectivity index (χ3n) is 2.16. The van der Waals surface area contributed by atoms with Gasteiger partial charge in [-0.1, -0.05) is 20.8 Å². The van der Waals surface area contributed by atoms with Crippen LogP contribution in [0.4, 0.5) is 0 Å². The molecule has 0 radical (unpaired) electrons. The van der Waals surface area contributed by atoms with Gasteiger partial charge < -0.3 is 5.73 Å². The average Bonchev–Trinajstić information content (AvgIpc) is 2.30. The van der Waals surface area contributed by atoms with Crippen LogP contribution in [-0.2, 0) is 7.05 Å². The SMILES string of the molecule is Cn1ncc(C(N)C(C)(C)C)c1I.